The van der Waals surface area contributed by atoms with Gasteiger partial charge in [0.2, 0.25) is 0 Å². The van der Waals surface area contributed by atoms with E-state index in [1.165, 1.54) is 38.5 Å². The van der Waals surface area contributed by atoms with Crippen molar-refractivity contribution in [3.63, 3.8) is 0 Å². The second kappa shape index (κ2) is 3.86. The van der Waals surface area contributed by atoms with Crippen LogP contribution in [0.3, 0.4) is 0 Å². The molecule has 0 heterocycles. The molecule has 0 aliphatic heterocycles. The molecule has 0 amide bonds. The molecule has 0 spiro atoms. The number of hydrogen-bond acceptors (Lipinski definition) is 1. The maximum absolute atomic E-state index is 10.9. The van der Waals surface area contributed by atoms with E-state index < -0.39 is 5.97 Å². The molecule has 1 N–H and O–H groups in total. The molecule has 4 aliphatic rings. The Balaban J connectivity index is 1.76. The summed E-state index contributed by atoms with van der Waals surface area (Å²) in [6.45, 7) is 1.78. The Hall–Kier alpha value is -0.790. The van der Waals surface area contributed by atoms with Gasteiger partial charge in [-0.05, 0) is 68.6 Å². The van der Waals surface area contributed by atoms with Crippen LogP contribution in [-0.4, -0.2) is 11.1 Å². The summed E-state index contributed by atoms with van der Waals surface area (Å²) in [4.78, 5) is 10.9. The molecule has 17 heavy (non-hydrogen) atoms. The first-order valence-electron chi connectivity index (χ1n) is 6.98. The summed E-state index contributed by atoms with van der Waals surface area (Å²) in [5.41, 5.74) is 0.373. The summed E-state index contributed by atoms with van der Waals surface area (Å²) < 4.78 is 0. The lowest BCUT2D eigenvalue weighted by atomic mass is 9.49. The largest absolute Gasteiger partial charge is 0.481 e. The standard InChI is InChI=1S/C15H22O2/c1-10(14(16)17)2-3-15-7-11-4-12(8-15)6-13(5-11)9-15/h2-3,10-13H,4-9H2,1H3,(H,16,17)/b3-2+. The van der Waals surface area contributed by atoms with Gasteiger partial charge in [-0.15, -0.1) is 0 Å². The lowest BCUT2D eigenvalue weighted by molar-refractivity contribution is -0.139. The Labute approximate surface area is 103 Å². The second-order valence-corrected chi connectivity index (χ2v) is 6.77. The van der Waals surface area contributed by atoms with Gasteiger partial charge in [0.05, 0.1) is 5.92 Å². The average Bonchev–Trinajstić information content (AvgIpc) is 2.24. The summed E-state index contributed by atoms with van der Waals surface area (Å²) in [5, 5.41) is 8.94. The molecule has 4 rings (SSSR count). The van der Waals surface area contributed by atoms with Gasteiger partial charge in [-0.3, -0.25) is 4.79 Å². The molecule has 94 valence electrons. The average molecular weight is 234 g/mol. The number of carbonyl (C=O) groups is 1. The normalized spacial score (nSPS) is 45.4. The minimum atomic E-state index is -0.703. The molecule has 4 aliphatic carbocycles. The summed E-state index contributed by atoms with van der Waals surface area (Å²) in [7, 11) is 0. The lowest BCUT2D eigenvalue weighted by Gasteiger charge is -2.56. The molecule has 0 aromatic rings. The molecular formula is C15H22O2. The van der Waals surface area contributed by atoms with Crippen LogP contribution >= 0.6 is 0 Å². The van der Waals surface area contributed by atoms with Crippen molar-refractivity contribution in [2.24, 2.45) is 29.1 Å². The SMILES string of the molecule is CC(/C=C/C12CC3CC(CC(C3)C1)C2)C(=O)O. The maximum atomic E-state index is 10.9. The van der Waals surface area contributed by atoms with Gasteiger partial charge < -0.3 is 5.11 Å². The Morgan fingerprint density at radius 3 is 2.06 bits per heavy atom. The molecule has 1 unspecified atom stereocenters. The van der Waals surface area contributed by atoms with Crippen molar-refractivity contribution in [3.05, 3.63) is 12.2 Å². The molecule has 0 radical (unpaired) electrons. The van der Waals surface area contributed by atoms with E-state index in [0.717, 1.165) is 17.8 Å². The fourth-order valence-electron chi connectivity index (χ4n) is 4.81. The van der Waals surface area contributed by atoms with Crippen molar-refractivity contribution in [1.29, 1.82) is 0 Å². The topological polar surface area (TPSA) is 37.3 Å². The third-order valence-electron chi connectivity index (χ3n) is 5.21. The maximum Gasteiger partial charge on any atom is 0.310 e. The van der Waals surface area contributed by atoms with Crippen molar-refractivity contribution in [2.75, 3.05) is 0 Å². The molecule has 1 atom stereocenters. The third kappa shape index (κ3) is 2.02. The summed E-state index contributed by atoms with van der Waals surface area (Å²) in [6.07, 6.45) is 12.5. The Kier molecular flexibility index (Phi) is 2.57. The highest BCUT2D eigenvalue weighted by Crippen LogP contribution is 2.60. The molecule has 0 aromatic carbocycles. The zero-order valence-corrected chi connectivity index (χ0v) is 10.6. The van der Waals surface area contributed by atoms with E-state index in [9.17, 15) is 4.79 Å². The number of carboxylic acids is 1. The highest BCUT2D eigenvalue weighted by atomic mass is 16.4. The molecule has 2 nitrogen and oxygen atoms in total. The van der Waals surface area contributed by atoms with Gasteiger partial charge >= 0.3 is 5.97 Å². The van der Waals surface area contributed by atoms with E-state index in [2.05, 4.69) is 6.08 Å². The fraction of sp³-hybridized carbons (Fsp3) is 0.800. The van der Waals surface area contributed by atoms with Crippen LogP contribution in [0.5, 0.6) is 0 Å². The molecule has 4 saturated carbocycles. The van der Waals surface area contributed by atoms with Crippen LogP contribution in [0.2, 0.25) is 0 Å². The van der Waals surface area contributed by atoms with Crippen molar-refractivity contribution >= 4 is 5.97 Å². The molecule has 0 aromatic heterocycles. The first-order chi connectivity index (χ1) is 8.06. The van der Waals surface area contributed by atoms with Crippen molar-refractivity contribution < 1.29 is 9.90 Å². The van der Waals surface area contributed by atoms with Crippen LogP contribution in [-0.2, 0) is 4.79 Å². The fourth-order valence-corrected chi connectivity index (χ4v) is 4.81. The van der Waals surface area contributed by atoms with E-state index >= 15 is 0 Å². The van der Waals surface area contributed by atoms with Crippen LogP contribution in [0, 0.1) is 29.1 Å². The minimum absolute atomic E-state index is 0.331. The molecule has 4 bridgehead atoms. The van der Waals surface area contributed by atoms with Gasteiger partial charge in [0.15, 0.2) is 0 Å². The van der Waals surface area contributed by atoms with Crippen LogP contribution in [0.4, 0.5) is 0 Å². The van der Waals surface area contributed by atoms with Crippen molar-refractivity contribution in [2.45, 2.75) is 45.4 Å². The van der Waals surface area contributed by atoms with Crippen LogP contribution < -0.4 is 0 Å². The number of rotatable bonds is 3. The lowest BCUT2D eigenvalue weighted by Crippen LogP contribution is -2.45. The van der Waals surface area contributed by atoms with E-state index in [4.69, 9.17) is 5.11 Å². The summed E-state index contributed by atoms with van der Waals surface area (Å²) in [5.74, 6) is 1.78. The van der Waals surface area contributed by atoms with Crippen LogP contribution in [0.1, 0.15) is 45.4 Å². The summed E-state index contributed by atoms with van der Waals surface area (Å²) >= 11 is 0. The smallest absolute Gasteiger partial charge is 0.310 e. The number of allylic oxidation sites excluding steroid dienone is 1. The molecule has 2 heteroatoms. The summed E-state index contributed by atoms with van der Waals surface area (Å²) in [6, 6.07) is 0. The Morgan fingerprint density at radius 1 is 1.18 bits per heavy atom. The first-order valence-corrected chi connectivity index (χ1v) is 6.98. The first kappa shape index (κ1) is 11.3. The number of aliphatic carboxylic acids is 1. The van der Waals surface area contributed by atoms with Crippen molar-refractivity contribution in [3.8, 4) is 0 Å². The van der Waals surface area contributed by atoms with Crippen LogP contribution in [0.25, 0.3) is 0 Å². The molecule has 4 fully saturated rings. The zero-order valence-electron chi connectivity index (χ0n) is 10.6. The minimum Gasteiger partial charge on any atom is -0.481 e. The number of hydrogen-bond donors (Lipinski definition) is 1. The van der Waals surface area contributed by atoms with Gasteiger partial charge in [-0.25, -0.2) is 0 Å². The predicted octanol–water partition coefficient (Wildman–Crippen LogP) is 3.48. The highest BCUT2D eigenvalue weighted by molar-refractivity contribution is 5.71. The monoisotopic (exact) mass is 234 g/mol. The molecule has 0 saturated heterocycles. The van der Waals surface area contributed by atoms with E-state index in [-0.39, 0.29) is 5.92 Å². The van der Waals surface area contributed by atoms with Gasteiger partial charge in [-0.2, -0.15) is 0 Å². The second-order valence-electron chi connectivity index (χ2n) is 6.77. The van der Waals surface area contributed by atoms with Gasteiger partial charge in [0.25, 0.3) is 0 Å². The van der Waals surface area contributed by atoms with E-state index in [0.29, 0.717) is 5.41 Å². The zero-order chi connectivity index (χ0) is 12.0. The highest BCUT2D eigenvalue weighted by Gasteiger charge is 2.49. The Bertz CT molecular complexity index is 321. The predicted molar refractivity (Wildman–Crippen MR) is 66.5 cm³/mol. The van der Waals surface area contributed by atoms with Crippen LogP contribution in [0.15, 0.2) is 12.2 Å². The van der Waals surface area contributed by atoms with Gasteiger partial charge in [-0.1, -0.05) is 12.2 Å². The number of carboxylic acid groups (broad SMARTS) is 1. The van der Waals surface area contributed by atoms with Gasteiger partial charge in [0.1, 0.15) is 0 Å². The third-order valence-corrected chi connectivity index (χ3v) is 5.21. The molecular weight excluding hydrogens is 212 g/mol. The van der Waals surface area contributed by atoms with E-state index in [1.807, 2.05) is 6.08 Å². The Morgan fingerprint density at radius 2 is 1.65 bits per heavy atom. The van der Waals surface area contributed by atoms with Crippen molar-refractivity contribution in [1.82, 2.24) is 0 Å². The van der Waals surface area contributed by atoms with Gasteiger partial charge in [0, 0.05) is 0 Å². The van der Waals surface area contributed by atoms with E-state index in [1.54, 1.807) is 6.92 Å². The quantitative estimate of drug-likeness (QED) is 0.759.